The summed E-state index contributed by atoms with van der Waals surface area (Å²) in [5.74, 6) is 2.04. The Bertz CT molecular complexity index is 840. The first kappa shape index (κ1) is 14.8. The Kier molecular flexibility index (Phi) is 3.86. The summed E-state index contributed by atoms with van der Waals surface area (Å²) in [5.41, 5.74) is 1.93. The van der Waals surface area contributed by atoms with Crippen LogP contribution in [0.2, 0.25) is 0 Å². The van der Waals surface area contributed by atoms with Gasteiger partial charge in [-0.05, 0) is 44.5 Å². The van der Waals surface area contributed by atoms with Crippen molar-refractivity contribution >= 4 is 23.1 Å². The minimum atomic E-state index is 0.506. The van der Waals surface area contributed by atoms with Crippen molar-refractivity contribution in [3.05, 3.63) is 39.6 Å². The van der Waals surface area contributed by atoms with Gasteiger partial charge in [0.15, 0.2) is 0 Å². The molecule has 1 aliphatic rings. The maximum Gasteiger partial charge on any atom is 0.282 e. The minimum Gasteiger partial charge on any atom is -0.415 e. The van der Waals surface area contributed by atoms with Crippen LogP contribution in [0.4, 0.5) is 0 Å². The molecule has 118 valence electrons. The Morgan fingerprint density at radius 3 is 2.83 bits per heavy atom. The molecule has 3 heterocycles. The number of hydrogen-bond acceptors (Lipinski definition) is 8. The third-order valence-electron chi connectivity index (χ3n) is 3.43. The fourth-order valence-corrected chi connectivity index (χ4v) is 3.60. The number of hydrogen-bond donors (Lipinski definition) is 0. The van der Waals surface area contributed by atoms with Gasteiger partial charge < -0.3 is 4.42 Å². The molecule has 0 bridgehead atoms. The van der Waals surface area contributed by atoms with Crippen molar-refractivity contribution in [3.63, 3.8) is 0 Å². The molecular weight excluding hydrogens is 330 g/mol. The molecule has 0 aromatic carbocycles. The van der Waals surface area contributed by atoms with Crippen LogP contribution in [0.3, 0.4) is 0 Å². The Balaban J connectivity index is 1.49. The second-order valence-electron chi connectivity index (χ2n) is 5.58. The molecule has 0 radical (unpaired) electrons. The highest BCUT2D eigenvalue weighted by molar-refractivity contribution is 7.99. The van der Waals surface area contributed by atoms with Crippen LogP contribution in [0.5, 0.6) is 0 Å². The molecule has 23 heavy (non-hydrogen) atoms. The predicted octanol–water partition coefficient (Wildman–Crippen LogP) is 3.55. The Morgan fingerprint density at radius 2 is 2.09 bits per heavy atom. The van der Waals surface area contributed by atoms with Gasteiger partial charge in [-0.1, -0.05) is 0 Å². The van der Waals surface area contributed by atoms with E-state index in [1.807, 2.05) is 25.3 Å². The van der Waals surface area contributed by atoms with E-state index in [9.17, 15) is 0 Å². The molecule has 0 amide bonds. The van der Waals surface area contributed by atoms with Crippen molar-refractivity contribution in [2.45, 2.75) is 49.3 Å². The lowest BCUT2D eigenvalue weighted by Gasteiger charge is -2.02. The lowest BCUT2D eigenvalue weighted by atomic mass is 10.3. The van der Waals surface area contributed by atoms with Gasteiger partial charge in [0.2, 0.25) is 5.89 Å². The molecule has 8 heteroatoms. The minimum absolute atomic E-state index is 0.506. The Morgan fingerprint density at radius 1 is 1.22 bits per heavy atom. The third kappa shape index (κ3) is 3.59. The fourth-order valence-electron chi connectivity index (χ4n) is 2.22. The molecule has 1 saturated carbocycles. The van der Waals surface area contributed by atoms with Crippen LogP contribution in [0.25, 0.3) is 0 Å². The van der Waals surface area contributed by atoms with Crippen LogP contribution in [0.1, 0.15) is 46.9 Å². The number of rotatable bonds is 5. The molecule has 0 aliphatic heterocycles. The van der Waals surface area contributed by atoms with Gasteiger partial charge in [0, 0.05) is 17.0 Å². The van der Waals surface area contributed by atoms with Gasteiger partial charge in [-0.2, -0.15) is 0 Å². The van der Waals surface area contributed by atoms with Crippen LogP contribution < -0.4 is 0 Å². The normalized spacial score (nSPS) is 14.3. The van der Waals surface area contributed by atoms with Gasteiger partial charge >= 0.3 is 0 Å². The molecule has 0 atom stereocenters. The highest BCUT2D eigenvalue weighted by atomic mass is 32.2. The van der Waals surface area contributed by atoms with Gasteiger partial charge in [0.25, 0.3) is 5.22 Å². The van der Waals surface area contributed by atoms with Crippen LogP contribution in [-0.2, 0) is 6.42 Å². The van der Waals surface area contributed by atoms with Gasteiger partial charge in [0.1, 0.15) is 10.9 Å². The fraction of sp³-hybridized carbons (Fsp3) is 0.400. The largest absolute Gasteiger partial charge is 0.415 e. The van der Waals surface area contributed by atoms with E-state index in [1.54, 1.807) is 11.3 Å². The van der Waals surface area contributed by atoms with Crippen molar-refractivity contribution in [3.8, 4) is 0 Å². The van der Waals surface area contributed by atoms with E-state index in [2.05, 4.69) is 25.1 Å². The highest BCUT2D eigenvalue weighted by Gasteiger charge is 2.27. The van der Waals surface area contributed by atoms with Gasteiger partial charge in [-0.3, -0.25) is 0 Å². The number of aryl methyl sites for hydroxylation is 2. The summed E-state index contributed by atoms with van der Waals surface area (Å²) in [4.78, 5) is 13.5. The van der Waals surface area contributed by atoms with Gasteiger partial charge in [-0.25, -0.2) is 15.0 Å². The first-order valence-electron chi connectivity index (χ1n) is 7.42. The third-order valence-corrected chi connectivity index (χ3v) is 5.01. The molecule has 6 nitrogen and oxygen atoms in total. The molecule has 4 rings (SSSR count). The number of nitrogens with zero attached hydrogens (tertiary/aromatic N) is 5. The zero-order valence-electron chi connectivity index (χ0n) is 12.8. The second-order valence-corrected chi connectivity index (χ2v) is 7.61. The van der Waals surface area contributed by atoms with Crippen LogP contribution in [0.15, 0.2) is 26.1 Å². The molecular formula is C15H15N5OS2. The molecule has 3 aromatic rings. The summed E-state index contributed by atoms with van der Waals surface area (Å²) in [7, 11) is 0. The van der Waals surface area contributed by atoms with Gasteiger partial charge in [-0.15, -0.1) is 21.5 Å². The van der Waals surface area contributed by atoms with Crippen molar-refractivity contribution in [1.29, 1.82) is 0 Å². The molecule has 1 fully saturated rings. The maximum atomic E-state index is 5.70. The number of thiazole rings is 1. The first-order valence-corrected chi connectivity index (χ1v) is 9.12. The van der Waals surface area contributed by atoms with Crippen LogP contribution >= 0.6 is 23.1 Å². The van der Waals surface area contributed by atoms with Crippen LogP contribution in [0, 0.1) is 13.8 Å². The summed E-state index contributed by atoms with van der Waals surface area (Å²) in [5, 5.41) is 12.6. The maximum absolute atomic E-state index is 5.70. The quantitative estimate of drug-likeness (QED) is 0.654. The van der Waals surface area contributed by atoms with E-state index in [0.29, 0.717) is 23.5 Å². The van der Waals surface area contributed by atoms with Crippen molar-refractivity contribution in [2.75, 3.05) is 0 Å². The van der Waals surface area contributed by atoms with Crippen molar-refractivity contribution in [2.24, 2.45) is 0 Å². The second kappa shape index (κ2) is 6.01. The lowest BCUT2D eigenvalue weighted by Crippen LogP contribution is -1.96. The smallest absolute Gasteiger partial charge is 0.282 e. The summed E-state index contributed by atoms with van der Waals surface area (Å²) >= 11 is 3.01. The van der Waals surface area contributed by atoms with Gasteiger partial charge in [0.05, 0.1) is 17.1 Å². The highest BCUT2D eigenvalue weighted by Crippen LogP contribution is 2.39. The molecule has 0 N–H and O–H groups in total. The molecule has 1 aliphatic carbocycles. The Hall–Kier alpha value is -1.80. The Labute approximate surface area is 141 Å². The standard InChI is InChI=1S/C15H15N5OS2/c1-8-5-13(18-14(16-8)10-3-4-10)23-15-20-19-12(21-15)6-11-7-22-9(2)17-11/h5,7,10H,3-4,6H2,1-2H3. The SMILES string of the molecule is Cc1cc(Sc2nnc(Cc3csc(C)n3)o2)nc(C2CC2)n1. The first-order chi connectivity index (χ1) is 11.2. The molecule has 0 saturated heterocycles. The summed E-state index contributed by atoms with van der Waals surface area (Å²) in [6.07, 6.45) is 2.94. The van der Waals surface area contributed by atoms with E-state index >= 15 is 0 Å². The zero-order valence-corrected chi connectivity index (χ0v) is 14.4. The average molecular weight is 345 g/mol. The van der Waals surface area contributed by atoms with E-state index < -0.39 is 0 Å². The van der Waals surface area contributed by atoms with E-state index in [-0.39, 0.29) is 0 Å². The molecule has 0 spiro atoms. The van der Waals surface area contributed by atoms with Crippen molar-refractivity contribution in [1.82, 2.24) is 25.1 Å². The number of aromatic nitrogens is 5. The van der Waals surface area contributed by atoms with E-state index in [4.69, 9.17) is 4.42 Å². The van der Waals surface area contributed by atoms with E-state index in [1.165, 1.54) is 24.6 Å². The van der Waals surface area contributed by atoms with Crippen molar-refractivity contribution < 1.29 is 4.42 Å². The summed E-state index contributed by atoms with van der Waals surface area (Å²) in [6, 6.07) is 1.95. The summed E-state index contributed by atoms with van der Waals surface area (Å²) < 4.78 is 5.70. The molecule has 3 aromatic heterocycles. The predicted molar refractivity (Wildman–Crippen MR) is 86.8 cm³/mol. The summed E-state index contributed by atoms with van der Waals surface area (Å²) in [6.45, 7) is 3.97. The topological polar surface area (TPSA) is 77.6 Å². The van der Waals surface area contributed by atoms with Crippen LogP contribution in [-0.4, -0.2) is 25.1 Å². The zero-order chi connectivity index (χ0) is 15.8. The average Bonchev–Trinajstić information content (AvgIpc) is 3.16. The lowest BCUT2D eigenvalue weighted by molar-refractivity contribution is 0.419. The molecule has 0 unspecified atom stereocenters. The monoisotopic (exact) mass is 345 g/mol. The van der Waals surface area contributed by atoms with E-state index in [0.717, 1.165) is 27.2 Å².